The third-order valence-electron chi connectivity index (χ3n) is 26.4. The van der Waals surface area contributed by atoms with Crippen LogP contribution < -0.4 is 0 Å². The van der Waals surface area contributed by atoms with Gasteiger partial charge in [-0.1, -0.05) is 6.92 Å². The Bertz CT molecular complexity index is 3940. The van der Waals surface area contributed by atoms with Crippen LogP contribution in [-0.4, -0.2) is 235 Å². The molecule has 0 aliphatic rings. The summed E-state index contributed by atoms with van der Waals surface area (Å²) in [5.41, 5.74) is -35.4. The first-order chi connectivity index (χ1) is 58.2. The summed E-state index contributed by atoms with van der Waals surface area (Å²) in [6, 6.07) is 0. The average Bonchev–Trinajstić information content (AvgIpc) is 0.750. The lowest BCUT2D eigenvalue weighted by Gasteiger charge is -2.47. The van der Waals surface area contributed by atoms with Crippen molar-refractivity contribution in [2.24, 2.45) is 97.5 Å². The quantitative estimate of drug-likeness (QED) is 0.0403. The van der Waals surface area contributed by atoms with Crippen molar-refractivity contribution in [3.8, 4) is 0 Å². The highest BCUT2D eigenvalue weighted by atomic mass is 16.6. The number of esters is 18. The predicted molar refractivity (Wildman–Crippen MR) is 457 cm³/mol. The Morgan fingerprint density at radius 2 is 0.195 bits per heavy atom. The van der Waals surface area contributed by atoms with E-state index in [1.165, 1.54) is 132 Å². The second-order valence-electron chi connectivity index (χ2n) is 40.6. The van der Waals surface area contributed by atoms with Crippen molar-refractivity contribution >= 4 is 107 Å². The van der Waals surface area contributed by atoms with Crippen LogP contribution in [0, 0.1) is 97.5 Å². The Balaban J connectivity index is 9.23. The highest BCUT2D eigenvalue weighted by Gasteiger charge is 2.65. The molecule has 734 valence electrons. The van der Waals surface area contributed by atoms with Gasteiger partial charge in [0.1, 0.15) is 0 Å². The topological polar surface area (TPSA) is 473 Å². The monoisotopic (exact) mass is 1830 g/mol. The van der Waals surface area contributed by atoms with Crippen molar-refractivity contribution in [2.75, 3.05) is 128 Å². The maximum Gasteiger partial charge on any atom is 0.311 e. The maximum atomic E-state index is 15.2. The van der Waals surface area contributed by atoms with Gasteiger partial charge in [0, 0.05) is 0 Å². The largest absolute Gasteiger partial charge is 0.469 e. The van der Waals surface area contributed by atoms with Gasteiger partial charge >= 0.3 is 107 Å². The molecule has 0 saturated heterocycles. The highest BCUT2D eigenvalue weighted by Crippen LogP contribution is 2.61. The molecule has 0 amide bonds. The van der Waals surface area contributed by atoms with Crippen molar-refractivity contribution in [3.63, 3.8) is 0 Å². The Kier molecular flexibility index (Phi) is 41.5. The molecule has 0 heterocycles. The van der Waals surface area contributed by atoms with Crippen molar-refractivity contribution in [3.05, 3.63) is 0 Å². The van der Waals surface area contributed by atoms with Crippen LogP contribution in [0.4, 0.5) is 0 Å². The fourth-order valence-electron chi connectivity index (χ4n) is 22.9. The minimum atomic E-state index is -2.19. The van der Waals surface area contributed by atoms with E-state index in [1.807, 2.05) is 0 Å². The van der Waals surface area contributed by atoms with Crippen LogP contribution in [0.1, 0.15) is 254 Å². The summed E-state index contributed by atoms with van der Waals surface area (Å²) in [4.78, 5) is 264. The smallest absolute Gasteiger partial charge is 0.311 e. The van der Waals surface area contributed by atoms with Crippen molar-refractivity contribution in [1.29, 1.82) is 0 Å². The summed E-state index contributed by atoms with van der Waals surface area (Å²) >= 11 is 0. The van der Waals surface area contributed by atoms with Crippen LogP contribution in [0.25, 0.3) is 0 Å². The molecule has 0 fully saturated rings. The molecule has 0 aliphatic carbocycles. The van der Waals surface area contributed by atoms with E-state index in [2.05, 4.69) is 0 Å². The van der Waals surface area contributed by atoms with Crippen LogP contribution >= 0.6 is 0 Å². The predicted octanol–water partition coefficient (Wildman–Crippen LogP) is 11.3. The molecule has 0 bridgehead atoms. The summed E-state index contributed by atoms with van der Waals surface area (Å²) in [5.74, 6) is -17.8. The van der Waals surface area contributed by atoms with Gasteiger partial charge in [-0.05, 0) is 247 Å². The normalized spacial score (nSPS) is 19.6. The Hall–Kier alpha value is -9.54. The van der Waals surface area contributed by atoms with Gasteiger partial charge in [0.05, 0.1) is 225 Å². The molecule has 0 radical (unpaired) electrons. The van der Waals surface area contributed by atoms with Gasteiger partial charge in [-0.15, -0.1) is 0 Å². The Labute approximate surface area is 755 Å². The number of ether oxygens (including phenoxy) is 18. The molecule has 0 rings (SSSR count). The lowest BCUT2D eigenvalue weighted by molar-refractivity contribution is -0.177. The second-order valence-corrected chi connectivity index (χ2v) is 40.6. The van der Waals surface area contributed by atoms with Gasteiger partial charge in [-0.2, -0.15) is 0 Å². The van der Waals surface area contributed by atoms with E-state index in [9.17, 15) is 52.7 Å². The molecule has 0 spiro atoms. The van der Waals surface area contributed by atoms with Crippen LogP contribution in [0.5, 0.6) is 0 Å². The van der Waals surface area contributed by atoms with Crippen LogP contribution in [0.3, 0.4) is 0 Å². The van der Waals surface area contributed by atoms with E-state index in [0.29, 0.717) is 0 Å². The van der Waals surface area contributed by atoms with Crippen LogP contribution in [0.2, 0.25) is 0 Å². The van der Waals surface area contributed by atoms with E-state index in [4.69, 9.17) is 85.3 Å². The van der Waals surface area contributed by atoms with Crippen molar-refractivity contribution in [2.45, 2.75) is 254 Å². The van der Waals surface area contributed by atoms with E-state index in [0.717, 1.165) is 121 Å². The molecule has 17 atom stereocenters. The molecular weight excluding hydrogens is 1680 g/mol. The van der Waals surface area contributed by atoms with Gasteiger partial charge in [0.15, 0.2) is 0 Å². The first kappa shape index (κ1) is 118. The Morgan fingerprint density at radius 3 is 0.273 bits per heavy atom. The zero-order valence-corrected chi connectivity index (χ0v) is 83.4. The lowest BCUT2D eigenvalue weighted by atomic mass is 9.55. The molecule has 0 aliphatic heterocycles. The first-order valence-corrected chi connectivity index (χ1v) is 41.8. The third kappa shape index (κ3) is 27.1. The van der Waals surface area contributed by atoms with Crippen molar-refractivity contribution < 1.29 is 172 Å². The molecule has 0 aromatic carbocycles. The number of carbonyl (C=O) groups is 18. The molecule has 0 saturated carbocycles. The minimum Gasteiger partial charge on any atom is -0.469 e. The van der Waals surface area contributed by atoms with Gasteiger partial charge < -0.3 is 85.3 Å². The summed E-state index contributed by atoms with van der Waals surface area (Å²) in [5, 5.41) is 0. The third-order valence-corrected chi connectivity index (χ3v) is 26.4. The summed E-state index contributed by atoms with van der Waals surface area (Å²) < 4.78 is 97.4. The molecule has 17 unspecified atom stereocenters. The van der Waals surface area contributed by atoms with E-state index >= 15 is 33.6 Å². The molecule has 36 heteroatoms. The SMILES string of the molecule is CCC(C)(CC(C)(CC(C)(CC(C)(CC(C)(CC(C)(CC(C)(CC(C)(CC(C)(CC(C)(CC(C)(CC(C)(CC(C)(CC(C)(CC(C)(CC(C)(CC(C)(CC(C)(C)C(=O)OC)C(=O)OC)C(=O)OC)C(=O)OC)C(=O)OC)C(=O)OC)C(=O)OC)C(=O)OC)C(=O)OC)C(=O)OC)C(=O)OC)C(=O)OC)C(=O)OC)C(=O)OC)C(=O)OC)C(=O)OC)C(=O)OC)C(=O)OC. The number of carbonyl (C=O) groups excluding carboxylic acids is 18. The summed E-state index contributed by atoms with van der Waals surface area (Å²) in [7, 11) is 18.9. The standard InChI is InChI=1S/C92H150O36/c1-39-76(4,58(94)112-22)41-78(6,60(96)114-24)43-80(8,62(98)116-26)45-82(10,64(100)118-28)47-84(12,66(102)120-30)49-86(14,68(104)122-32)51-88(16,70(106)124-34)53-90(18,72(108)126-36)55-92(20,74(110)128-38)56-91(19,73(109)127-37)54-89(17,71(107)125-35)52-87(15,69(105)123-33)50-85(13,67(103)121-31)48-83(11,65(101)119-29)46-81(9,63(99)117-27)44-79(7,61(97)115-25)42-77(5,59(95)113-23)40-75(2,3)57(93)111-21/h39-56H2,1-38H3. The summed E-state index contributed by atoms with van der Waals surface area (Å²) in [6.45, 7) is 28.0. The van der Waals surface area contributed by atoms with Crippen LogP contribution in [0.15, 0.2) is 0 Å². The van der Waals surface area contributed by atoms with Crippen LogP contribution in [-0.2, 0) is 172 Å². The molecule has 0 N–H and O–H groups in total. The van der Waals surface area contributed by atoms with E-state index in [1.54, 1.807) is 13.8 Å². The van der Waals surface area contributed by atoms with E-state index < -0.39 is 301 Å². The molecule has 0 aromatic heterocycles. The minimum absolute atomic E-state index is 0.159. The first-order valence-electron chi connectivity index (χ1n) is 41.8. The highest BCUT2D eigenvalue weighted by molar-refractivity contribution is 5.91. The Morgan fingerprint density at radius 1 is 0.125 bits per heavy atom. The zero-order valence-electron chi connectivity index (χ0n) is 83.4. The fraction of sp³-hybridized carbons (Fsp3) is 0.804. The fourth-order valence-corrected chi connectivity index (χ4v) is 22.9. The number of rotatable bonds is 53. The molecule has 36 nitrogen and oxygen atoms in total. The van der Waals surface area contributed by atoms with Crippen molar-refractivity contribution in [1.82, 2.24) is 0 Å². The average molecular weight is 1830 g/mol. The maximum absolute atomic E-state index is 15.2. The molecule has 0 aromatic rings. The van der Waals surface area contributed by atoms with Gasteiger partial charge in [0.2, 0.25) is 0 Å². The van der Waals surface area contributed by atoms with Gasteiger partial charge in [-0.3, -0.25) is 86.3 Å². The van der Waals surface area contributed by atoms with Gasteiger partial charge in [-0.25, -0.2) is 0 Å². The number of hydrogen-bond donors (Lipinski definition) is 0. The zero-order chi connectivity index (χ0) is 101. The lowest BCUT2D eigenvalue weighted by Crippen LogP contribution is -2.52. The van der Waals surface area contributed by atoms with E-state index in [-0.39, 0.29) is 19.3 Å². The van der Waals surface area contributed by atoms with Gasteiger partial charge in [0.25, 0.3) is 0 Å². The molecular formula is C92H150O36. The second kappa shape index (κ2) is 44.9. The number of hydrogen-bond acceptors (Lipinski definition) is 36. The molecule has 128 heavy (non-hydrogen) atoms. The summed E-state index contributed by atoms with van der Waals surface area (Å²) in [6.07, 6.45) is -10.2. The number of methoxy groups -OCH3 is 18.